The highest BCUT2D eigenvalue weighted by molar-refractivity contribution is 5.93. The summed E-state index contributed by atoms with van der Waals surface area (Å²) in [7, 11) is 0. The minimum atomic E-state index is -4.55. The fraction of sp³-hybridized carbons (Fsp3) is 0.409. The molecule has 0 spiro atoms. The largest absolute Gasteiger partial charge is 0.405 e. The van der Waals surface area contributed by atoms with Gasteiger partial charge >= 0.3 is 12.2 Å². The van der Waals surface area contributed by atoms with Crippen molar-refractivity contribution in [2.45, 2.75) is 45.1 Å². The lowest BCUT2D eigenvalue weighted by Crippen LogP contribution is -2.42. The van der Waals surface area contributed by atoms with Gasteiger partial charge in [-0.1, -0.05) is 30.3 Å². The van der Waals surface area contributed by atoms with Crippen molar-refractivity contribution >= 4 is 11.9 Å². The Bertz CT molecular complexity index is 980. The summed E-state index contributed by atoms with van der Waals surface area (Å²) in [4.78, 5) is 31.2. The number of pyridine rings is 1. The number of hydrogen-bond acceptors (Lipinski definition) is 4. The van der Waals surface area contributed by atoms with Crippen LogP contribution in [0.2, 0.25) is 0 Å². The standard InChI is InChI=1S/C22H25F3N4O3/c1-13(2)27-21(32)29-11-15-10-16(20(31)26-12-22(23,24)25)28-19(14-6-4-3-5-7-14)18(15)17(29)8-9-30/h3-7,10,13,17,30H,8-9,11-12H2,1-2H3,(H,26,31)(H,27,32). The van der Waals surface area contributed by atoms with E-state index in [0.29, 0.717) is 22.4 Å². The third-order valence-corrected chi connectivity index (χ3v) is 5.00. The van der Waals surface area contributed by atoms with Crippen molar-refractivity contribution in [2.75, 3.05) is 13.2 Å². The van der Waals surface area contributed by atoms with E-state index in [1.807, 2.05) is 19.2 Å². The topological polar surface area (TPSA) is 94.6 Å². The number of carbonyl (C=O) groups excluding carboxylic acids is 2. The normalized spacial score (nSPS) is 15.6. The van der Waals surface area contributed by atoms with Crippen molar-refractivity contribution in [3.8, 4) is 11.3 Å². The van der Waals surface area contributed by atoms with Gasteiger partial charge in [0, 0.05) is 30.3 Å². The summed E-state index contributed by atoms with van der Waals surface area (Å²) in [5.74, 6) is -0.953. The molecule has 0 saturated carbocycles. The monoisotopic (exact) mass is 450 g/mol. The van der Waals surface area contributed by atoms with Crippen LogP contribution >= 0.6 is 0 Å². The molecule has 1 aliphatic heterocycles. The quantitative estimate of drug-likeness (QED) is 0.629. The highest BCUT2D eigenvalue weighted by atomic mass is 19.4. The molecular formula is C22H25F3N4O3. The molecule has 172 valence electrons. The van der Waals surface area contributed by atoms with Crippen LogP contribution in [0.25, 0.3) is 11.3 Å². The summed E-state index contributed by atoms with van der Waals surface area (Å²) < 4.78 is 37.7. The summed E-state index contributed by atoms with van der Waals surface area (Å²) in [5, 5.41) is 14.3. The number of benzene rings is 1. The number of aliphatic hydroxyl groups is 1. The van der Waals surface area contributed by atoms with Crippen LogP contribution in [0.4, 0.5) is 18.0 Å². The van der Waals surface area contributed by atoms with Crippen LogP contribution in [0.3, 0.4) is 0 Å². The predicted molar refractivity (Wildman–Crippen MR) is 112 cm³/mol. The number of alkyl halides is 3. The third kappa shape index (κ3) is 5.37. The zero-order valence-electron chi connectivity index (χ0n) is 17.7. The maximum Gasteiger partial charge on any atom is 0.405 e. The number of aliphatic hydroxyl groups excluding tert-OH is 1. The fourth-order valence-electron chi connectivity index (χ4n) is 3.73. The van der Waals surface area contributed by atoms with Crippen LogP contribution in [0.15, 0.2) is 36.4 Å². The molecule has 3 rings (SSSR count). The maximum atomic E-state index is 12.8. The second-order valence-electron chi connectivity index (χ2n) is 7.85. The summed E-state index contributed by atoms with van der Waals surface area (Å²) >= 11 is 0. The summed E-state index contributed by atoms with van der Waals surface area (Å²) in [5.41, 5.74) is 2.17. The van der Waals surface area contributed by atoms with Crippen LogP contribution in [0, 0.1) is 0 Å². The zero-order valence-corrected chi connectivity index (χ0v) is 17.7. The van der Waals surface area contributed by atoms with Crippen LogP contribution < -0.4 is 10.6 Å². The number of nitrogens with one attached hydrogen (secondary N) is 2. The summed E-state index contributed by atoms with van der Waals surface area (Å²) in [6.45, 7) is 2.13. The Kier molecular flexibility index (Phi) is 7.02. The second-order valence-corrected chi connectivity index (χ2v) is 7.85. The van der Waals surface area contributed by atoms with Crippen molar-refractivity contribution < 1.29 is 27.9 Å². The molecular weight excluding hydrogens is 425 g/mol. The second kappa shape index (κ2) is 9.56. The molecule has 10 heteroatoms. The minimum Gasteiger partial charge on any atom is -0.396 e. The van der Waals surface area contributed by atoms with Crippen LogP contribution in [-0.4, -0.2) is 52.3 Å². The minimum absolute atomic E-state index is 0.114. The lowest BCUT2D eigenvalue weighted by Gasteiger charge is -2.26. The van der Waals surface area contributed by atoms with E-state index < -0.39 is 24.7 Å². The molecule has 1 unspecified atom stereocenters. The van der Waals surface area contributed by atoms with Gasteiger partial charge in [0.25, 0.3) is 5.91 Å². The van der Waals surface area contributed by atoms with Crippen molar-refractivity contribution in [3.63, 3.8) is 0 Å². The zero-order chi connectivity index (χ0) is 23.5. The summed E-state index contributed by atoms with van der Waals surface area (Å²) in [6.07, 6.45) is -4.30. The molecule has 0 bridgehead atoms. The fourth-order valence-corrected chi connectivity index (χ4v) is 3.73. The molecule has 0 fully saturated rings. The molecule has 1 aliphatic rings. The average Bonchev–Trinajstić information content (AvgIpc) is 3.10. The van der Waals surface area contributed by atoms with E-state index in [4.69, 9.17) is 0 Å². The van der Waals surface area contributed by atoms with Gasteiger partial charge in [-0.2, -0.15) is 13.2 Å². The van der Waals surface area contributed by atoms with Crippen molar-refractivity contribution in [2.24, 2.45) is 0 Å². The van der Waals surface area contributed by atoms with Gasteiger partial charge in [0.2, 0.25) is 0 Å². The highest BCUT2D eigenvalue weighted by Crippen LogP contribution is 2.41. The Morgan fingerprint density at radius 2 is 1.94 bits per heavy atom. The number of amides is 3. The molecule has 2 heterocycles. The molecule has 1 atom stereocenters. The first kappa shape index (κ1) is 23.5. The lowest BCUT2D eigenvalue weighted by atomic mass is 9.95. The Balaban J connectivity index is 2.07. The number of urea groups is 1. The SMILES string of the molecule is CC(C)NC(=O)N1Cc2cc(C(=O)NCC(F)(F)F)nc(-c3ccccc3)c2C1CCO. The Hall–Kier alpha value is -3.14. The first-order valence-electron chi connectivity index (χ1n) is 10.2. The van der Waals surface area contributed by atoms with E-state index in [-0.39, 0.29) is 37.3 Å². The van der Waals surface area contributed by atoms with Crippen LogP contribution in [-0.2, 0) is 6.54 Å². The number of nitrogens with zero attached hydrogens (tertiary/aromatic N) is 2. The van der Waals surface area contributed by atoms with Crippen molar-refractivity contribution in [1.82, 2.24) is 20.5 Å². The van der Waals surface area contributed by atoms with E-state index in [1.165, 1.54) is 6.07 Å². The van der Waals surface area contributed by atoms with Gasteiger partial charge < -0.3 is 20.6 Å². The van der Waals surface area contributed by atoms with Crippen molar-refractivity contribution in [3.05, 3.63) is 53.2 Å². The summed E-state index contributed by atoms with van der Waals surface area (Å²) in [6, 6.07) is 9.37. The Morgan fingerprint density at radius 3 is 2.53 bits per heavy atom. The molecule has 3 amide bonds. The molecule has 2 aromatic rings. The molecule has 32 heavy (non-hydrogen) atoms. The number of aromatic nitrogens is 1. The molecule has 7 nitrogen and oxygen atoms in total. The van der Waals surface area contributed by atoms with Crippen molar-refractivity contribution in [1.29, 1.82) is 0 Å². The molecule has 1 aromatic carbocycles. The molecule has 0 radical (unpaired) electrons. The Labute approximate surface area is 183 Å². The van der Waals surface area contributed by atoms with E-state index in [1.54, 1.807) is 35.2 Å². The first-order chi connectivity index (χ1) is 15.1. The number of hydrogen-bond donors (Lipinski definition) is 3. The first-order valence-corrected chi connectivity index (χ1v) is 10.2. The molecule has 0 saturated heterocycles. The van der Waals surface area contributed by atoms with E-state index in [0.717, 1.165) is 0 Å². The van der Waals surface area contributed by atoms with Crippen LogP contribution in [0.1, 0.15) is 47.9 Å². The molecule has 0 aliphatic carbocycles. The van der Waals surface area contributed by atoms with Gasteiger partial charge in [0.05, 0.1) is 11.7 Å². The highest BCUT2D eigenvalue weighted by Gasteiger charge is 2.37. The van der Waals surface area contributed by atoms with E-state index in [9.17, 15) is 27.9 Å². The van der Waals surface area contributed by atoms with E-state index in [2.05, 4.69) is 10.3 Å². The van der Waals surface area contributed by atoms with Gasteiger partial charge in [0.15, 0.2) is 0 Å². The molecule has 3 N–H and O–H groups in total. The van der Waals surface area contributed by atoms with Gasteiger partial charge in [-0.15, -0.1) is 0 Å². The number of fused-ring (bicyclic) bond motifs is 1. The number of carbonyl (C=O) groups is 2. The number of rotatable bonds is 6. The predicted octanol–water partition coefficient (Wildman–Crippen LogP) is 3.40. The number of halogens is 3. The van der Waals surface area contributed by atoms with Crippen LogP contribution in [0.5, 0.6) is 0 Å². The van der Waals surface area contributed by atoms with Gasteiger partial charge in [0.1, 0.15) is 12.2 Å². The maximum absolute atomic E-state index is 12.8. The Morgan fingerprint density at radius 1 is 1.25 bits per heavy atom. The third-order valence-electron chi connectivity index (χ3n) is 5.00. The van der Waals surface area contributed by atoms with E-state index >= 15 is 0 Å². The lowest BCUT2D eigenvalue weighted by molar-refractivity contribution is -0.123. The smallest absolute Gasteiger partial charge is 0.396 e. The molecule has 1 aromatic heterocycles. The average molecular weight is 450 g/mol. The van der Waals surface area contributed by atoms with Gasteiger partial charge in [-0.3, -0.25) is 4.79 Å². The van der Waals surface area contributed by atoms with Gasteiger partial charge in [-0.25, -0.2) is 9.78 Å². The van der Waals surface area contributed by atoms with Gasteiger partial charge in [-0.05, 0) is 31.9 Å².